The zero-order valence-electron chi connectivity index (χ0n) is 10.1. The average molecular weight is 223 g/mol. The number of likely N-dealkylation sites (N-methyl/N-ethyl adjacent to an activating group) is 1. The van der Waals surface area contributed by atoms with E-state index in [4.69, 9.17) is 0 Å². The molecule has 90 valence electrons. The van der Waals surface area contributed by atoms with Crippen molar-refractivity contribution in [1.82, 2.24) is 15.3 Å². The highest BCUT2D eigenvalue weighted by atomic mass is 15.1. The van der Waals surface area contributed by atoms with E-state index in [1.54, 1.807) is 6.33 Å². The molecule has 1 aromatic rings. The molecule has 0 aromatic carbocycles. The van der Waals surface area contributed by atoms with Crippen molar-refractivity contribution in [1.29, 1.82) is 0 Å². The fourth-order valence-electron chi connectivity index (χ4n) is 1.26. The normalized spacial score (nSPS) is 10.1. The lowest BCUT2D eigenvalue weighted by molar-refractivity contribution is 0.819. The van der Waals surface area contributed by atoms with Crippen molar-refractivity contribution in [2.24, 2.45) is 0 Å². The van der Waals surface area contributed by atoms with Gasteiger partial charge in [-0.3, -0.25) is 0 Å². The third-order valence-corrected chi connectivity index (χ3v) is 2.18. The molecule has 0 bridgehead atoms. The van der Waals surface area contributed by atoms with Gasteiger partial charge in [-0.15, -0.1) is 0 Å². The minimum Gasteiger partial charge on any atom is -0.370 e. The van der Waals surface area contributed by atoms with Gasteiger partial charge in [0.2, 0.25) is 0 Å². The molecule has 0 spiro atoms. The molecule has 5 heteroatoms. The molecule has 1 aromatic heterocycles. The van der Waals surface area contributed by atoms with Crippen molar-refractivity contribution in [3.8, 4) is 0 Å². The first-order valence-electron chi connectivity index (χ1n) is 5.81. The number of unbranched alkanes of at least 4 members (excludes halogenated alkanes) is 1. The Bertz CT molecular complexity index is 264. The van der Waals surface area contributed by atoms with Crippen LogP contribution in [0, 0.1) is 0 Å². The smallest absolute Gasteiger partial charge is 0.131 e. The molecule has 0 aliphatic rings. The first kappa shape index (κ1) is 12.7. The zero-order chi connectivity index (χ0) is 11.6. The second-order valence-electron chi connectivity index (χ2n) is 3.60. The predicted molar refractivity (Wildman–Crippen MR) is 67.8 cm³/mol. The Morgan fingerprint density at radius 1 is 1.06 bits per heavy atom. The van der Waals surface area contributed by atoms with E-state index in [1.807, 2.05) is 13.1 Å². The van der Waals surface area contributed by atoms with Crippen molar-refractivity contribution < 1.29 is 0 Å². The van der Waals surface area contributed by atoms with Gasteiger partial charge in [0.05, 0.1) is 0 Å². The van der Waals surface area contributed by atoms with E-state index < -0.39 is 0 Å². The van der Waals surface area contributed by atoms with Crippen LogP contribution in [-0.4, -0.2) is 36.6 Å². The fraction of sp³-hybridized carbons (Fsp3) is 0.636. The Morgan fingerprint density at radius 3 is 2.38 bits per heavy atom. The van der Waals surface area contributed by atoms with Gasteiger partial charge >= 0.3 is 0 Å². The summed E-state index contributed by atoms with van der Waals surface area (Å²) in [6.45, 7) is 4.92. The van der Waals surface area contributed by atoms with E-state index in [0.717, 1.165) is 37.7 Å². The summed E-state index contributed by atoms with van der Waals surface area (Å²) in [5.41, 5.74) is 0. The summed E-state index contributed by atoms with van der Waals surface area (Å²) in [5.74, 6) is 1.75. The molecule has 0 amide bonds. The van der Waals surface area contributed by atoms with Crippen LogP contribution in [0.2, 0.25) is 0 Å². The molecule has 0 aliphatic heterocycles. The predicted octanol–water partition coefficient (Wildman–Crippen LogP) is 1.32. The minimum atomic E-state index is 0.863. The quantitative estimate of drug-likeness (QED) is 0.580. The number of nitrogens with zero attached hydrogens (tertiary/aromatic N) is 2. The molecule has 0 unspecified atom stereocenters. The summed E-state index contributed by atoms with van der Waals surface area (Å²) < 4.78 is 0. The number of hydrogen-bond donors (Lipinski definition) is 3. The Labute approximate surface area is 97.1 Å². The van der Waals surface area contributed by atoms with E-state index in [2.05, 4.69) is 32.8 Å². The van der Waals surface area contributed by atoms with Gasteiger partial charge in [-0.25, -0.2) is 9.97 Å². The molecule has 5 nitrogen and oxygen atoms in total. The topological polar surface area (TPSA) is 61.9 Å². The van der Waals surface area contributed by atoms with Gasteiger partial charge in [-0.05, 0) is 13.5 Å². The molecule has 0 radical (unpaired) electrons. The van der Waals surface area contributed by atoms with Crippen LogP contribution in [0.5, 0.6) is 0 Å². The van der Waals surface area contributed by atoms with Crippen LogP contribution in [0.25, 0.3) is 0 Å². The van der Waals surface area contributed by atoms with Crippen LogP contribution in [-0.2, 0) is 0 Å². The highest BCUT2D eigenvalue weighted by Gasteiger charge is 1.96. The molecule has 0 fully saturated rings. The fourth-order valence-corrected chi connectivity index (χ4v) is 1.26. The van der Waals surface area contributed by atoms with Crippen LogP contribution in [0.3, 0.4) is 0 Å². The van der Waals surface area contributed by atoms with Gasteiger partial charge in [0, 0.05) is 25.7 Å². The minimum absolute atomic E-state index is 0.863. The van der Waals surface area contributed by atoms with Gasteiger partial charge in [0.1, 0.15) is 18.0 Å². The Kier molecular flexibility index (Phi) is 6.25. The van der Waals surface area contributed by atoms with Gasteiger partial charge in [-0.2, -0.15) is 0 Å². The first-order valence-corrected chi connectivity index (χ1v) is 5.81. The summed E-state index contributed by atoms with van der Waals surface area (Å²) in [4.78, 5) is 8.31. The monoisotopic (exact) mass is 223 g/mol. The maximum atomic E-state index is 4.16. The first-order chi connectivity index (χ1) is 7.86. The lowest BCUT2D eigenvalue weighted by Gasteiger charge is -2.07. The van der Waals surface area contributed by atoms with E-state index >= 15 is 0 Å². The second-order valence-corrected chi connectivity index (χ2v) is 3.60. The molecule has 1 heterocycles. The van der Waals surface area contributed by atoms with Crippen molar-refractivity contribution in [2.45, 2.75) is 19.8 Å². The second kappa shape index (κ2) is 7.87. The van der Waals surface area contributed by atoms with Gasteiger partial charge in [0.25, 0.3) is 0 Å². The Morgan fingerprint density at radius 2 is 1.75 bits per heavy atom. The van der Waals surface area contributed by atoms with Crippen molar-refractivity contribution >= 4 is 11.6 Å². The summed E-state index contributed by atoms with van der Waals surface area (Å²) in [6, 6.07) is 1.94. The molecule has 0 saturated carbocycles. The van der Waals surface area contributed by atoms with E-state index in [-0.39, 0.29) is 0 Å². The van der Waals surface area contributed by atoms with Gasteiger partial charge in [0.15, 0.2) is 0 Å². The molecular formula is C11H21N5. The van der Waals surface area contributed by atoms with Crippen molar-refractivity contribution in [3.63, 3.8) is 0 Å². The van der Waals surface area contributed by atoms with E-state index in [0.29, 0.717) is 0 Å². The van der Waals surface area contributed by atoms with Crippen molar-refractivity contribution in [2.75, 3.05) is 37.3 Å². The summed E-state index contributed by atoms with van der Waals surface area (Å²) >= 11 is 0. The average Bonchev–Trinajstić information content (AvgIpc) is 2.30. The van der Waals surface area contributed by atoms with E-state index in [1.165, 1.54) is 6.42 Å². The highest BCUT2D eigenvalue weighted by molar-refractivity contribution is 5.46. The van der Waals surface area contributed by atoms with Crippen LogP contribution >= 0.6 is 0 Å². The SMILES string of the molecule is CCCCNc1cc(NCCNC)ncn1. The lowest BCUT2D eigenvalue weighted by atomic mass is 10.3. The number of nitrogens with one attached hydrogen (secondary N) is 3. The third-order valence-electron chi connectivity index (χ3n) is 2.18. The number of aromatic nitrogens is 2. The molecule has 0 aliphatic carbocycles. The number of anilines is 2. The molecule has 16 heavy (non-hydrogen) atoms. The molecular weight excluding hydrogens is 202 g/mol. The number of rotatable bonds is 8. The van der Waals surface area contributed by atoms with Gasteiger partial charge in [-0.1, -0.05) is 13.3 Å². The summed E-state index contributed by atoms with van der Waals surface area (Å²) in [7, 11) is 1.93. The zero-order valence-corrected chi connectivity index (χ0v) is 10.1. The highest BCUT2D eigenvalue weighted by Crippen LogP contribution is 2.08. The van der Waals surface area contributed by atoms with Crippen LogP contribution in [0.4, 0.5) is 11.6 Å². The Hall–Kier alpha value is -1.36. The summed E-state index contributed by atoms with van der Waals surface area (Å²) in [6.07, 6.45) is 3.92. The molecule has 1 rings (SSSR count). The van der Waals surface area contributed by atoms with Crippen LogP contribution in [0.15, 0.2) is 12.4 Å². The standard InChI is InChI=1S/C11H21N5/c1-3-4-5-13-10-8-11(16-9-15-10)14-7-6-12-2/h8-9,12H,3-7H2,1-2H3,(H2,13,14,15,16). The molecule has 3 N–H and O–H groups in total. The van der Waals surface area contributed by atoms with E-state index in [9.17, 15) is 0 Å². The maximum absolute atomic E-state index is 4.16. The lowest BCUT2D eigenvalue weighted by Crippen LogP contribution is -2.18. The maximum Gasteiger partial charge on any atom is 0.131 e. The van der Waals surface area contributed by atoms with Gasteiger partial charge < -0.3 is 16.0 Å². The van der Waals surface area contributed by atoms with Crippen LogP contribution < -0.4 is 16.0 Å². The third kappa shape index (κ3) is 4.93. The Balaban J connectivity index is 2.37. The number of hydrogen-bond acceptors (Lipinski definition) is 5. The molecule has 0 saturated heterocycles. The van der Waals surface area contributed by atoms with Crippen molar-refractivity contribution in [3.05, 3.63) is 12.4 Å². The molecule has 0 atom stereocenters. The largest absolute Gasteiger partial charge is 0.370 e. The summed E-state index contributed by atoms with van der Waals surface area (Å²) in [5, 5.41) is 9.57. The van der Waals surface area contributed by atoms with Crippen LogP contribution in [0.1, 0.15) is 19.8 Å².